The van der Waals surface area contributed by atoms with Crippen molar-refractivity contribution in [1.82, 2.24) is 4.31 Å². The number of anilines is 1. The molecule has 0 unspecified atom stereocenters. The second-order valence-corrected chi connectivity index (χ2v) is 8.69. The van der Waals surface area contributed by atoms with Gasteiger partial charge in [0.2, 0.25) is 10.0 Å². The molecule has 1 heterocycles. The van der Waals surface area contributed by atoms with Crippen molar-refractivity contribution in [3.05, 3.63) is 60.2 Å². The number of methoxy groups -OCH3 is 1. The molecule has 0 saturated carbocycles. The quantitative estimate of drug-likeness (QED) is 0.473. The van der Waals surface area contributed by atoms with E-state index in [1.165, 1.54) is 35.7 Å². The van der Waals surface area contributed by atoms with E-state index in [0.29, 0.717) is 13.2 Å². The second kappa shape index (κ2) is 10.9. The van der Waals surface area contributed by atoms with Crippen molar-refractivity contribution in [2.45, 2.75) is 4.90 Å². The molecular weight excluding hydrogens is 436 g/mol. The predicted octanol–water partition coefficient (Wildman–Crippen LogP) is 1.91. The number of hydrogen-bond acceptors (Lipinski definition) is 7. The molecule has 1 fully saturated rings. The molecule has 2 aromatic rings. The van der Waals surface area contributed by atoms with Crippen LogP contribution in [0, 0.1) is 0 Å². The van der Waals surface area contributed by atoms with E-state index in [-0.39, 0.29) is 29.4 Å². The minimum Gasteiger partial charge on any atom is -0.495 e. The zero-order chi connectivity index (χ0) is 23.0. The molecule has 0 atom stereocenters. The van der Waals surface area contributed by atoms with Crippen LogP contribution in [0.25, 0.3) is 6.08 Å². The van der Waals surface area contributed by atoms with E-state index in [1.54, 1.807) is 6.08 Å². The lowest BCUT2D eigenvalue weighted by Crippen LogP contribution is -2.40. The molecule has 1 aliphatic heterocycles. The van der Waals surface area contributed by atoms with Crippen molar-refractivity contribution in [3.63, 3.8) is 0 Å². The van der Waals surface area contributed by atoms with Crippen molar-refractivity contribution in [1.29, 1.82) is 0 Å². The third-order valence-corrected chi connectivity index (χ3v) is 6.51. The van der Waals surface area contributed by atoms with Crippen molar-refractivity contribution >= 4 is 33.7 Å². The summed E-state index contributed by atoms with van der Waals surface area (Å²) in [5.41, 5.74) is 1.06. The molecule has 170 valence electrons. The smallest absolute Gasteiger partial charge is 0.331 e. The van der Waals surface area contributed by atoms with Gasteiger partial charge in [0.25, 0.3) is 5.91 Å². The molecular formula is C22H24N2O7S. The second-order valence-electron chi connectivity index (χ2n) is 6.78. The van der Waals surface area contributed by atoms with Gasteiger partial charge in [-0.15, -0.1) is 0 Å². The number of carbonyl (C=O) groups is 2. The lowest BCUT2D eigenvalue weighted by molar-refractivity contribution is -0.142. The molecule has 1 saturated heterocycles. The van der Waals surface area contributed by atoms with E-state index in [2.05, 4.69) is 5.32 Å². The largest absolute Gasteiger partial charge is 0.495 e. The van der Waals surface area contributed by atoms with Gasteiger partial charge in [0.1, 0.15) is 10.6 Å². The molecule has 1 aliphatic rings. The molecule has 0 spiro atoms. The number of nitrogens with one attached hydrogen (secondary N) is 1. The van der Waals surface area contributed by atoms with E-state index in [4.69, 9.17) is 14.2 Å². The van der Waals surface area contributed by atoms with E-state index >= 15 is 0 Å². The summed E-state index contributed by atoms with van der Waals surface area (Å²) < 4.78 is 42.7. The fourth-order valence-corrected chi connectivity index (χ4v) is 4.58. The maximum Gasteiger partial charge on any atom is 0.331 e. The fraction of sp³-hybridized carbons (Fsp3) is 0.273. The molecule has 3 rings (SSSR count). The van der Waals surface area contributed by atoms with Gasteiger partial charge in [-0.2, -0.15) is 4.31 Å². The first-order valence-corrected chi connectivity index (χ1v) is 11.3. The summed E-state index contributed by atoms with van der Waals surface area (Å²) in [6.07, 6.45) is 2.80. The van der Waals surface area contributed by atoms with Gasteiger partial charge < -0.3 is 19.5 Å². The standard InChI is InChI=1S/C22H24N2O7S/c1-29-19-9-8-18(15-20(19)32(27,28)24-11-13-30-14-12-24)23-21(25)16-31-22(26)10-7-17-5-3-2-4-6-17/h2-10,15H,11-14,16H2,1H3,(H,23,25)/b10-7+. The number of amides is 1. The van der Waals surface area contributed by atoms with Gasteiger partial charge in [0.15, 0.2) is 6.61 Å². The summed E-state index contributed by atoms with van der Waals surface area (Å²) in [6, 6.07) is 13.5. The van der Waals surface area contributed by atoms with Gasteiger partial charge in [-0.1, -0.05) is 30.3 Å². The minimum atomic E-state index is -3.84. The number of nitrogens with zero attached hydrogens (tertiary/aromatic N) is 1. The maximum absolute atomic E-state index is 13.0. The monoisotopic (exact) mass is 460 g/mol. The van der Waals surface area contributed by atoms with Gasteiger partial charge in [-0.25, -0.2) is 13.2 Å². The van der Waals surface area contributed by atoms with Crippen LogP contribution >= 0.6 is 0 Å². The molecule has 9 nitrogen and oxygen atoms in total. The van der Waals surface area contributed by atoms with Crippen LogP contribution in [0.15, 0.2) is 59.5 Å². The molecule has 10 heteroatoms. The van der Waals surface area contributed by atoms with E-state index in [9.17, 15) is 18.0 Å². The van der Waals surface area contributed by atoms with Crippen molar-refractivity contribution in [3.8, 4) is 5.75 Å². The molecule has 0 radical (unpaired) electrons. The number of rotatable bonds is 8. The Balaban J connectivity index is 1.63. The Hall–Kier alpha value is -3.21. The molecule has 0 aliphatic carbocycles. The van der Waals surface area contributed by atoms with E-state index < -0.39 is 28.5 Å². The van der Waals surface area contributed by atoms with Gasteiger partial charge in [-0.05, 0) is 29.8 Å². The summed E-state index contributed by atoms with van der Waals surface area (Å²) in [6.45, 7) is 0.558. The van der Waals surface area contributed by atoms with Crippen molar-refractivity contribution in [2.75, 3.05) is 45.3 Å². The summed E-state index contributed by atoms with van der Waals surface area (Å²) in [5.74, 6) is -1.12. The number of ether oxygens (including phenoxy) is 3. The Morgan fingerprint density at radius 1 is 1.12 bits per heavy atom. The third kappa shape index (κ3) is 6.16. The maximum atomic E-state index is 13.0. The van der Waals surface area contributed by atoms with E-state index in [1.807, 2.05) is 30.3 Å². The number of benzene rings is 2. The highest BCUT2D eigenvalue weighted by molar-refractivity contribution is 7.89. The lowest BCUT2D eigenvalue weighted by Gasteiger charge is -2.26. The Bertz CT molecular complexity index is 1080. The first-order valence-electron chi connectivity index (χ1n) is 9.86. The van der Waals surface area contributed by atoms with Crippen LogP contribution in [0.2, 0.25) is 0 Å². The predicted molar refractivity (Wildman–Crippen MR) is 118 cm³/mol. The van der Waals surface area contributed by atoms with Crippen LogP contribution in [-0.4, -0.2) is 64.6 Å². The van der Waals surface area contributed by atoms with Gasteiger partial charge >= 0.3 is 5.97 Å². The Labute approximate surface area is 186 Å². The SMILES string of the molecule is COc1ccc(NC(=O)COC(=O)/C=C/c2ccccc2)cc1S(=O)(=O)N1CCOCC1. The normalized spacial score (nSPS) is 14.8. The fourth-order valence-electron chi connectivity index (χ4n) is 2.99. The van der Waals surface area contributed by atoms with Crippen LogP contribution in [0.4, 0.5) is 5.69 Å². The van der Waals surface area contributed by atoms with Gasteiger partial charge in [0, 0.05) is 24.9 Å². The van der Waals surface area contributed by atoms with Crippen LogP contribution in [-0.2, 0) is 29.1 Å². The average molecular weight is 461 g/mol. The van der Waals surface area contributed by atoms with Gasteiger partial charge in [0.05, 0.1) is 20.3 Å². The molecule has 1 amide bonds. The Morgan fingerprint density at radius 3 is 2.53 bits per heavy atom. The van der Waals surface area contributed by atoms with Crippen LogP contribution in [0.1, 0.15) is 5.56 Å². The molecule has 32 heavy (non-hydrogen) atoms. The summed E-state index contributed by atoms with van der Waals surface area (Å²) in [7, 11) is -2.47. The highest BCUT2D eigenvalue weighted by Gasteiger charge is 2.29. The molecule has 2 aromatic carbocycles. The Kier molecular flexibility index (Phi) is 7.98. The number of morpholine rings is 1. The summed E-state index contributed by atoms with van der Waals surface area (Å²) in [4.78, 5) is 23.9. The first-order chi connectivity index (χ1) is 15.4. The van der Waals surface area contributed by atoms with E-state index in [0.717, 1.165) is 5.56 Å². The highest BCUT2D eigenvalue weighted by Crippen LogP contribution is 2.30. The Morgan fingerprint density at radius 2 is 1.84 bits per heavy atom. The first kappa shape index (κ1) is 23.5. The third-order valence-electron chi connectivity index (χ3n) is 4.59. The van der Waals surface area contributed by atoms with Gasteiger partial charge in [-0.3, -0.25) is 4.79 Å². The molecule has 0 aromatic heterocycles. The van der Waals surface area contributed by atoms with Crippen molar-refractivity contribution < 1.29 is 32.2 Å². The number of hydrogen-bond donors (Lipinski definition) is 1. The summed E-state index contributed by atoms with van der Waals surface area (Å²) in [5, 5.41) is 2.53. The van der Waals surface area contributed by atoms with Crippen LogP contribution < -0.4 is 10.1 Å². The van der Waals surface area contributed by atoms with Crippen LogP contribution in [0.5, 0.6) is 5.75 Å². The average Bonchev–Trinajstić information content (AvgIpc) is 2.82. The zero-order valence-corrected chi connectivity index (χ0v) is 18.3. The topological polar surface area (TPSA) is 111 Å². The number of esters is 1. The van der Waals surface area contributed by atoms with Crippen molar-refractivity contribution in [2.24, 2.45) is 0 Å². The molecule has 1 N–H and O–H groups in total. The summed E-state index contributed by atoms with van der Waals surface area (Å²) >= 11 is 0. The lowest BCUT2D eigenvalue weighted by atomic mass is 10.2. The van der Waals surface area contributed by atoms with Crippen LogP contribution in [0.3, 0.4) is 0 Å². The minimum absolute atomic E-state index is 0.0671. The number of sulfonamides is 1. The molecule has 0 bridgehead atoms. The number of carbonyl (C=O) groups excluding carboxylic acids is 2. The highest BCUT2D eigenvalue weighted by atomic mass is 32.2. The zero-order valence-electron chi connectivity index (χ0n) is 17.5.